The van der Waals surface area contributed by atoms with Gasteiger partial charge < -0.3 is 9.47 Å². The Morgan fingerprint density at radius 3 is 2.65 bits per heavy atom. The Morgan fingerprint density at radius 2 is 2.06 bits per heavy atom. The van der Waals surface area contributed by atoms with Crippen molar-refractivity contribution in [3.63, 3.8) is 0 Å². The average Bonchev–Trinajstić information content (AvgIpc) is 2.36. The van der Waals surface area contributed by atoms with E-state index in [0.29, 0.717) is 4.83 Å². The highest BCUT2D eigenvalue weighted by atomic mass is 79.9. The molecule has 1 aromatic carbocycles. The molecule has 1 aliphatic carbocycles. The van der Waals surface area contributed by atoms with E-state index in [1.807, 2.05) is 25.1 Å². The Kier molecular flexibility index (Phi) is 4.60. The van der Waals surface area contributed by atoms with Crippen LogP contribution in [0.1, 0.15) is 31.9 Å². The van der Waals surface area contributed by atoms with Gasteiger partial charge in [0.25, 0.3) is 0 Å². The molecular formula is C14H19BrO2. The van der Waals surface area contributed by atoms with Crippen molar-refractivity contribution in [3.05, 3.63) is 35.9 Å². The Labute approximate surface area is 111 Å². The maximum atomic E-state index is 6.05. The second-order valence-corrected chi connectivity index (χ2v) is 5.58. The Bertz CT molecular complexity index is 341. The van der Waals surface area contributed by atoms with Crippen molar-refractivity contribution in [2.45, 2.75) is 43.4 Å². The van der Waals surface area contributed by atoms with Crippen LogP contribution in [0.3, 0.4) is 0 Å². The van der Waals surface area contributed by atoms with Crippen LogP contribution in [0.5, 0.6) is 0 Å². The molecule has 2 nitrogen and oxygen atoms in total. The van der Waals surface area contributed by atoms with E-state index in [1.54, 1.807) is 0 Å². The fourth-order valence-electron chi connectivity index (χ4n) is 2.13. The molecule has 3 heteroatoms. The van der Waals surface area contributed by atoms with Crippen LogP contribution in [-0.4, -0.2) is 23.6 Å². The standard InChI is InChI=1S/C14H19BrO2/c1-3-16-14-12(15)9-13(14)17-10(2)11-7-5-4-6-8-11/h4-8,10,12-14H,3,9H2,1-2H3. The Balaban J connectivity index is 1.89. The molecule has 1 aromatic rings. The van der Waals surface area contributed by atoms with E-state index in [-0.39, 0.29) is 18.3 Å². The third kappa shape index (κ3) is 3.09. The molecule has 0 saturated heterocycles. The first kappa shape index (κ1) is 13.1. The van der Waals surface area contributed by atoms with E-state index >= 15 is 0 Å². The van der Waals surface area contributed by atoms with E-state index < -0.39 is 0 Å². The minimum atomic E-state index is 0.129. The Hall–Kier alpha value is -0.380. The van der Waals surface area contributed by atoms with Crippen molar-refractivity contribution in [3.8, 4) is 0 Å². The van der Waals surface area contributed by atoms with Gasteiger partial charge in [0, 0.05) is 11.4 Å². The van der Waals surface area contributed by atoms with Gasteiger partial charge in [-0.1, -0.05) is 46.3 Å². The maximum absolute atomic E-state index is 6.05. The van der Waals surface area contributed by atoms with Crippen LogP contribution in [0.2, 0.25) is 0 Å². The molecule has 4 atom stereocenters. The molecule has 0 aliphatic heterocycles. The summed E-state index contributed by atoms with van der Waals surface area (Å²) in [6.45, 7) is 4.86. The second kappa shape index (κ2) is 5.98. The van der Waals surface area contributed by atoms with Crippen molar-refractivity contribution < 1.29 is 9.47 Å². The van der Waals surface area contributed by atoms with E-state index in [4.69, 9.17) is 9.47 Å². The van der Waals surface area contributed by atoms with E-state index in [9.17, 15) is 0 Å². The molecule has 0 radical (unpaired) electrons. The summed E-state index contributed by atoms with van der Waals surface area (Å²) in [5.41, 5.74) is 1.22. The highest BCUT2D eigenvalue weighted by molar-refractivity contribution is 9.09. The zero-order valence-corrected chi connectivity index (χ0v) is 11.9. The quantitative estimate of drug-likeness (QED) is 0.772. The number of rotatable bonds is 5. The molecular weight excluding hydrogens is 280 g/mol. The minimum Gasteiger partial charge on any atom is -0.375 e. The van der Waals surface area contributed by atoms with Gasteiger partial charge in [0.1, 0.15) is 0 Å². The van der Waals surface area contributed by atoms with E-state index in [0.717, 1.165) is 13.0 Å². The van der Waals surface area contributed by atoms with Crippen LogP contribution < -0.4 is 0 Å². The van der Waals surface area contributed by atoms with Crippen LogP contribution in [0.15, 0.2) is 30.3 Å². The predicted octanol–water partition coefficient (Wildman–Crippen LogP) is 3.71. The number of hydrogen-bond acceptors (Lipinski definition) is 2. The molecule has 0 aromatic heterocycles. The van der Waals surface area contributed by atoms with Crippen molar-refractivity contribution in [2.24, 2.45) is 0 Å². The van der Waals surface area contributed by atoms with Crippen LogP contribution in [0, 0.1) is 0 Å². The summed E-state index contributed by atoms with van der Waals surface area (Å²) in [5, 5.41) is 0. The molecule has 4 unspecified atom stereocenters. The highest BCUT2D eigenvalue weighted by Crippen LogP contribution is 2.36. The molecule has 1 fully saturated rings. The molecule has 0 amide bonds. The number of hydrogen-bond donors (Lipinski definition) is 0. The van der Waals surface area contributed by atoms with Gasteiger partial charge in [0.05, 0.1) is 18.3 Å². The minimum absolute atomic E-state index is 0.129. The van der Waals surface area contributed by atoms with Crippen molar-refractivity contribution in [1.82, 2.24) is 0 Å². The van der Waals surface area contributed by atoms with Gasteiger partial charge in [0.15, 0.2) is 0 Å². The van der Waals surface area contributed by atoms with Crippen molar-refractivity contribution in [1.29, 1.82) is 0 Å². The molecule has 1 saturated carbocycles. The van der Waals surface area contributed by atoms with Gasteiger partial charge in [-0.3, -0.25) is 0 Å². The van der Waals surface area contributed by atoms with Crippen LogP contribution >= 0.6 is 15.9 Å². The lowest BCUT2D eigenvalue weighted by molar-refractivity contribution is -0.141. The van der Waals surface area contributed by atoms with Gasteiger partial charge >= 0.3 is 0 Å². The molecule has 0 spiro atoms. The largest absolute Gasteiger partial charge is 0.375 e. The number of ether oxygens (including phenoxy) is 2. The lowest BCUT2D eigenvalue weighted by Gasteiger charge is -2.42. The summed E-state index contributed by atoms with van der Waals surface area (Å²) in [5.74, 6) is 0. The first-order chi connectivity index (χ1) is 8.22. The molecule has 0 heterocycles. The van der Waals surface area contributed by atoms with Crippen molar-refractivity contribution in [2.75, 3.05) is 6.61 Å². The van der Waals surface area contributed by atoms with Gasteiger partial charge in [-0.15, -0.1) is 0 Å². The molecule has 94 valence electrons. The van der Waals surface area contributed by atoms with E-state index in [1.165, 1.54) is 5.56 Å². The fourth-order valence-corrected chi connectivity index (χ4v) is 2.99. The zero-order chi connectivity index (χ0) is 12.3. The Morgan fingerprint density at radius 1 is 1.35 bits per heavy atom. The predicted molar refractivity (Wildman–Crippen MR) is 72.5 cm³/mol. The highest BCUT2D eigenvalue weighted by Gasteiger charge is 2.41. The lowest BCUT2D eigenvalue weighted by Crippen LogP contribution is -2.51. The molecule has 0 bridgehead atoms. The molecule has 0 N–H and O–H groups in total. The lowest BCUT2D eigenvalue weighted by atomic mass is 9.91. The molecule has 1 aliphatic rings. The number of halogens is 1. The normalized spacial score (nSPS) is 29.7. The first-order valence-corrected chi connectivity index (χ1v) is 7.10. The van der Waals surface area contributed by atoms with E-state index in [2.05, 4.69) is 35.0 Å². The summed E-state index contributed by atoms with van der Waals surface area (Å²) >= 11 is 3.61. The average molecular weight is 299 g/mol. The fraction of sp³-hybridized carbons (Fsp3) is 0.571. The summed E-state index contributed by atoms with van der Waals surface area (Å²) in [6, 6.07) is 10.3. The second-order valence-electron chi connectivity index (χ2n) is 4.40. The third-order valence-corrected chi connectivity index (χ3v) is 4.08. The summed E-state index contributed by atoms with van der Waals surface area (Å²) in [6.07, 6.45) is 1.58. The topological polar surface area (TPSA) is 18.5 Å². The van der Waals surface area contributed by atoms with Crippen molar-refractivity contribution >= 4 is 15.9 Å². The summed E-state index contributed by atoms with van der Waals surface area (Å²) in [4.78, 5) is 0.440. The summed E-state index contributed by atoms with van der Waals surface area (Å²) < 4.78 is 11.7. The first-order valence-electron chi connectivity index (χ1n) is 6.18. The molecule has 17 heavy (non-hydrogen) atoms. The van der Waals surface area contributed by atoms with Gasteiger partial charge in [-0.05, 0) is 25.8 Å². The SMILES string of the molecule is CCOC1C(Br)CC1OC(C)c1ccccc1. The summed E-state index contributed by atoms with van der Waals surface area (Å²) in [7, 11) is 0. The van der Waals surface area contributed by atoms with Crippen LogP contribution in [0.4, 0.5) is 0 Å². The van der Waals surface area contributed by atoms with Gasteiger partial charge in [0.2, 0.25) is 0 Å². The maximum Gasteiger partial charge on any atom is 0.0962 e. The zero-order valence-electron chi connectivity index (χ0n) is 10.3. The molecule has 2 rings (SSSR count). The van der Waals surface area contributed by atoms with Gasteiger partial charge in [-0.25, -0.2) is 0 Å². The smallest absolute Gasteiger partial charge is 0.0962 e. The van der Waals surface area contributed by atoms with Crippen LogP contribution in [-0.2, 0) is 9.47 Å². The third-order valence-electron chi connectivity index (χ3n) is 3.19. The number of alkyl halides is 1. The number of benzene rings is 1. The van der Waals surface area contributed by atoms with Crippen LogP contribution in [0.25, 0.3) is 0 Å². The van der Waals surface area contributed by atoms with Gasteiger partial charge in [-0.2, -0.15) is 0 Å². The monoisotopic (exact) mass is 298 g/mol.